The van der Waals surface area contributed by atoms with Crippen molar-refractivity contribution in [2.75, 3.05) is 12.8 Å². The SMILES string of the molecule is COC(=O)C(O)C(O)c1cc(C#N)ccc1N. The zero-order chi connectivity index (χ0) is 13.0. The second-order valence-corrected chi connectivity index (χ2v) is 3.37. The van der Waals surface area contributed by atoms with E-state index in [1.54, 1.807) is 0 Å². The number of nitrogens with zero attached hydrogens (tertiary/aromatic N) is 1. The highest BCUT2D eigenvalue weighted by Gasteiger charge is 2.28. The molecule has 0 bridgehead atoms. The smallest absolute Gasteiger partial charge is 0.337 e. The van der Waals surface area contributed by atoms with Crippen LogP contribution < -0.4 is 5.73 Å². The largest absolute Gasteiger partial charge is 0.467 e. The number of carbonyl (C=O) groups is 1. The molecule has 0 amide bonds. The van der Waals surface area contributed by atoms with E-state index in [-0.39, 0.29) is 16.8 Å². The third-order valence-corrected chi connectivity index (χ3v) is 2.28. The molecule has 90 valence electrons. The summed E-state index contributed by atoms with van der Waals surface area (Å²) in [4.78, 5) is 11.1. The number of hydrogen-bond donors (Lipinski definition) is 3. The third kappa shape index (κ3) is 2.72. The summed E-state index contributed by atoms with van der Waals surface area (Å²) in [6, 6.07) is 6.06. The van der Waals surface area contributed by atoms with Crippen LogP contribution in [0.4, 0.5) is 5.69 Å². The summed E-state index contributed by atoms with van der Waals surface area (Å²) < 4.78 is 4.30. The fraction of sp³-hybridized carbons (Fsp3) is 0.273. The van der Waals surface area contributed by atoms with Crippen LogP contribution in [0.1, 0.15) is 17.2 Å². The van der Waals surface area contributed by atoms with Crippen LogP contribution in [0.2, 0.25) is 0 Å². The summed E-state index contributed by atoms with van der Waals surface area (Å²) in [5.74, 6) is -0.973. The van der Waals surface area contributed by atoms with Crippen LogP contribution in [0.3, 0.4) is 0 Å². The lowest BCUT2D eigenvalue weighted by Crippen LogP contribution is -2.29. The van der Waals surface area contributed by atoms with Gasteiger partial charge in [0.05, 0.1) is 18.7 Å². The number of aliphatic hydroxyl groups excluding tert-OH is 2. The molecule has 0 aromatic heterocycles. The molecule has 0 aliphatic carbocycles. The fourth-order valence-electron chi connectivity index (χ4n) is 1.32. The number of carbonyl (C=O) groups excluding carboxylic acids is 1. The van der Waals surface area contributed by atoms with Crippen LogP contribution in [-0.2, 0) is 9.53 Å². The number of nitrogen functional groups attached to an aromatic ring is 1. The molecule has 0 radical (unpaired) electrons. The highest BCUT2D eigenvalue weighted by Crippen LogP contribution is 2.24. The van der Waals surface area contributed by atoms with Crippen LogP contribution in [-0.4, -0.2) is 29.4 Å². The van der Waals surface area contributed by atoms with Gasteiger partial charge in [-0.15, -0.1) is 0 Å². The molecule has 2 unspecified atom stereocenters. The van der Waals surface area contributed by atoms with E-state index in [4.69, 9.17) is 11.0 Å². The van der Waals surface area contributed by atoms with Gasteiger partial charge in [0.1, 0.15) is 6.10 Å². The monoisotopic (exact) mass is 236 g/mol. The van der Waals surface area contributed by atoms with Crippen LogP contribution >= 0.6 is 0 Å². The van der Waals surface area contributed by atoms with Gasteiger partial charge < -0.3 is 20.7 Å². The van der Waals surface area contributed by atoms with E-state index in [1.165, 1.54) is 18.2 Å². The maximum absolute atomic E-state index is 11.1. The summed E-state index contributed by atoms with van der Waals surface area (Å²) in [6.45, 7) is 0. The standard InChI is InChI=1S/C11H12N2O4/c1-17-11(16)10(15)9(14)7-4-6(5-12)2-3-8(7)13/h2-4,9-10,14-15H,13H2,1H3. The van der Waals surface area contributed by atoms with Crippen LogP contribution in [0.15, 0.2) is 18.2 Å². The highest BCUT2D eigenvalue weighted by molar-refractivity contribution is 5.75. The number of hydrogen-bond acceptors (Lipinski definition) is 6. The van der Waals surface area contributed by atoms with E-state index in [1.807, 2.05) is 6.07 Å². The van der Waals surface area contributed by atoms with Gasteiger partial charge in [0.25, 0.3) is 0 Å². The zero-order valence-corrected chi connectivity index (χ0v) is 9.12. The van der Waals surface area contributed by atoms with Crippen LogP contribution in [0.5, 0.6) is 0 Å². The lowest BCUT2D eigenvalue weighted by molar-refractivity contribution is -0.156. The predicted molar refractivity (Wildman–Crippen MR) is 58.6 cm³/mol. The van der Waals surface area contributed by atoms with Gasteiger partial charge >= 0.3 is 5.97 Å². The summed E-state index contributed by atoms with van der Waals surface area (Å²) >= 11 is 0. The second kappa shape index (κ2) is 5.30. The Morgan fingerprint density at radius 2 is 2.18 bits per heavy atom. The molecule has 0 saturated heterocycles. The van der Waals surface area contributed by atoms with Crippen molar-refractivity contribution in [3.63, 3.8) is 0 Å². The molecule has 1 aromatic carbocycles. The molecule has 4 N–H and O–H groups in total. The van der Waals surface area contributed by atoms with E-state index in [0.717, 1.165) is 7.11 Å². The molecular formula is C11H12N2O4. The first-order valence-corrected chi connectivity index (χ1v) is 4.74. The minimum Gasteiger partial charge on any atom is -0.467 e. The quantitative estimate of drug-likeness (QED) is 0.490. The highest BCUT2D eigenvalue weighted by atomic mass is 16.5. The van der Waals surface area contributed by atoms with Crippen molar-refractivity contribution < 1.29 is 19.7 Å². The van der Waals surface area contributed by atoms with Crippen molar-refractivity contribution in [2.24, 2.45) is 0 Å². The molecule has 0 fully saturated rings. The molecule has 1 rings (SSSR count). The Morgan fingerprint density at radius 1 is 1.53 bits per heavy atom. The predicted octanol–water partition coefficient (Wildman–Crippen LogP) is -0.292. The van der Waals surface area contributed by atoms with Gasteiger partial charge in [-0.25, -0.2) is 4.79 Å². The molecule has 0 aliphatic heterocycles. The number of rotatable bonds is 3. The molecule has 6 nitrogen and oxygen atoms in total. The molecule has 0 spiro atoms. The number of aliphatic hydroxyl groups is 2. The van der Waals surface area contributed by atoms with Gasteiger partial charge in [-0.2, -0.15) is 5.26 Å². The first-order valence-electron chi connectivity index (χ1n) is 4.74. The average Bonchev–Trinajstić information content (AvgIpc) is 2.36. The van der Waals surface area contributed by atoms with Crippen molar-refractivity contribution in [2.45, 2.75) is 12.2 Å². The van der Waals surface area contributed by atoms with Gasteiger partial charge in [0.15, 0.2) is 6.10 Å². The van der Waals surface area contributed by atoms with Gasteiger partial charge in [-0.05, 0) is 18.2 Å². The normalized spacial score (nSPS) is 13.5. The molecule has 17 heavy (non-hydrogen) atoms. The van der Waals surface area contributed by atoms with Crippen molar-refractivity contribution in [3.8, 4) is 6.07 Å². The van der Waals surface area contributed by atoms with E-state index >= 15 is 0 Å². The molecule has 0 saturated carbocycles. The third-order valence-electron chi connectivity index (χ3n) is 2.28. The number of benzene rings is 1. The molecule has 1 aromatic rings. The van der Waals surface area contributed by atoms with E-state index in [2.05, 4.69) is 4.74 Å². The van der Waals surface area contributed by atoms with E-state index in [9.17, 15) is 15.0 Å². The minimum absolute atomic E-state index is 0.113. The van der Waals surface area contributed by atoms with Crippen LogP contribution in [0.25, 0.3) is 0 Å². The average molecular weight is 236 g/mol. The number of nitrogens with two attached hydrogens (primary N) is 1. The molecule has 2 atom stereocenters. The summed E-state index contributed by atoms with van der Waals surface area (Å²) in [6.07, 6.45) is -3.27. The molecule has 6 heteroatoms. The van der Waals surface area contributed by atoms with Crippen LogP contribution in [0, 0.1) is 11.3 Å². The Labute approximate surface area is 97.9 Å². The van der Waals surface area contributed by atoms with Gasteiger partial charge in [-0.3, -0.25) is 0 Å². The maximum Gasteiger partial charge on any atom is 0.337 e. The molecule has 0 heterocycles. The number of esters is 1. The first kappa shape index (κ1) is 13.0. The van der Waals surface area contributed by atoms with Crippen molar-refractivity contribution in [1.82, 2.24) is 0 Å². The lowest BCUT2D eigenvalue weighted by Gasteiger charge is -2.17. The number of anilines is 1. The summed E-state index contributed by atoms with van der Waals surface area (Å²) in [5.41, 5.74) is 6.15. The fourth-order valence-corrected chi connectivity index (χ4v) is 1.32. The first-order chi connectivity index (χ1) is 8.01. The Hall–Kier alpha value is -2.10. The Morgan fingerprint density at radius 3 is 2.71 bits per heavy atom. The van der Waals surface area contributed by atoms with Gasteiger partial charge in [0, 0.05) is 11.3 Å². The van der Waals surface area contributed by atoms with Gasteiger partial charge in [-0.1, -0.05) is 0 Å². The van der Waals surface area contributed by atoms with Crippen molar-refractivity contribution in [3.05, 3.63) is 29.3 Å². The number of methoxy groups -OCH3 is 1. The summed E-state index contributed by atoms with van der Waals surface area (Å²) in [5, 5.41) is 27.9. The zero-order valence-electron chi connectivity index (χ0n) is 9.12. The topological polar surface area (TPSA) is 117 Å². The van der Waals surface area contributed by atoms with E-state index in [0.29, 0.717) is 0 Å². The summed E-state index contributed by atoms with van der Waals surface area (Å²) in [7, 11) is 1.09. The minimum atomic E-state index is -1.74. The Kier molecular flexibility index (Phi) is 4.04. The van der Waals surface area contributed by atoms with Gasteiger partial charge in [0.2, 0.25) is 0 Å². The molecular weight excluding hydrogens is 224 g/mol. The Balaban J connectivity index is 3.07. The number of ether oxygens (including phenoxy) is 1. The maximum atomic E-state index is 11.1. The Bertz CT molecular complexity index is 467. The molecule has 0 aliphatic rings. The van der Waals surface area contributed by atoms with E-state index < -0.39 is 18.2 Å². The van der Waals surface area contributed by atoms with Crippen molar-refractivity contribution >= 4 is 11.7 Å². The van der Waals surface area contributed by atoms with Crippen molar-refractivity contribution in [1.29, 1.82) is 5.26 Å². The lowest BCUT2D eigenvalue weighted by atomic mass is 10.0. The number of nitriles is 1. The second-order valence-electron chi connectivity index (χ2n) is 3.37.